The summed E-state index contributed by atoms with van der Waals surface area (Å²) in [6.45, 7) is 4.04. The summed E-state index contributed by atoms with van der Waals surface area (Å²) >= 11 is 0. The Morgan fingerprint density at radius 3 is 2.50 bits per heavy atom. The van der Waals surface area contributed by atoms with E-state index in [9.17, 15) is 4.79 Å². The van der Waals surface area contributed by atoms with Crippen molar-refractivity contribution in [2.45, 2.75) is 20.3 Å². The molecule has 3 nitrogen and oxygen atoms in total. The molecule has 0 spiro atoms. The van der Waals surface area contributed by atoms with Crippen molar-refractivity contribution in [3.63, 3.8) is 0 Å². The summed E-state index contributed by atoms with van der Waals surface area (Å²) in [6, 6.07) is 8.25. The number of H-pyrrole nitrogens is 1. The van der Waals surface area contributed by atoms with Crippen LogP contribution in [0.4, 0.5) is 0 Å². The number of hydrogen-bond donors (Lipinski definition) is 1. The highest BCUT2D eigenvalue weighted by Crippen LogP contribution is 2.21. The lowest BCUT2D eigenvalue weighted by molar-refractivity contribution is 0.111. The van der Waals surface area contributed by atoms with Crippen LogP contribution in [0.15, 0.2) is 24.3 Å². The zero-order valence-electron chi connectivity index (χ0n) is 9.45. The summed E-state index contributed by atoms with van der Waals surface area (Å²) in [6.07, 6.45) is 1.76. The van der Waals surface area contributed by atoms with Crippen LogP contribution in [0.2, 0.25) is 0 Å². The van der Waals surface area contributed by atoms with Crippen LogP contribution in [0.1, 0.15) is 28.8 Å². The van der Waals surface area contributed by atoms with Gasteiger partial charge in [-0.2, -0.15) is 0 Å². The van der Waals surface area contributed by atoms with E-state index in [1.54, 1.807) is 0 Å². The van der Waals surface area contributed by atoms with Gasteiger partial charge in [0, 0.05) is 11.3 Å². The van der Waals surface area contributed by atoms with Gasteiger partial charge >= 0.3 is 0 Å². The Morgan fingerprint density at radius 2 is 2.00 bits per heavy atom. The number of aromatic nitrogens is 2. The van der Waals surface area contributed by atoms with Gasteiger partial charge in [0.25, 0.3) is 0 Å². The Kier molecular flexibility index (Phi) is 2.86. The standard InChI is InChI=1S/C13H14N2O/c1-3-10-4-6-11(7-5-10)13-9(2)14-12(8-16)15-13/h4-8H,3H2,1-2H3,(H,14,15). The molecular weight excluding hydrogens is 200 g/mol. The van der Waals surface area contributed by atoms with Crippen LogP contribution in [-0.4, -0.2) is 16.3 Å². The lowest BCUT2D eigenvalue weighted by atomic mass is 10.1. The van der Waals surface area contributed by atoms with E-state index in [0.717, 1.165) is 29.7 Å². The van der Waals surface area contributed by atoms with E-state index < -0.39 is 0 Å². The largest absolute Gasteiger partial charge is 0.339 e. The molecule has 0 amide bonds. The predicted octanol–water partition coefficient (Wildman–Crippen LogP) is 2.76. The number of imidazole rings is 1. The molecule has 1 aromatic heterocycles. The van der Waals surface area contributed by atoms with Crippen LogP contribution >= 0.6 is 0 Å². The zero-order chi connectivity index (χ0) is 11.5. The third kappa shape index (κ3) is 1.89. The molecular formula is C13H14N2O. The predicted molar refractivity (Wildman–Crippen MR) is 63.5 cm³/mol. The number of carbonyl (C=O) groups is 1. The molecule has 0 aliphatic carbocycles. The van der Waals surface area contributed by atoms with Crippen molar-refractivity contribution in [3.8, 4) is 11.3 Å². The first-order valence-electron chi connectivity index (χ1n) is 5.35. The lowest BCUT2D eigenvalue weighted by Gasteiger charge is -2.00. The van der Waals surface area contributed by atoms with E-state index in [-0.39, 0.29) is 0 Å². The maximum atomic E-state index is 10.6. The Labute approximate surface area is 94.5 Å². The molecule has 0 saturated heterocycles. The van der Waals surface area contributed by atoms with Crippen molar-refractivity contribution in [2.24, 2.45) is 0 Å². The highest BCUT2D eigenvalue weighted by Gasteiger charge is 2.07. The Bertz CT molecular complexity index is 497. The zero-order valence-corrected chi connectivity index (χ0v) is 9.45. The van der Waals surface area contributed by atoms with E-state index >= 15 is 0 Å². The summed E-state index contributed by atoms with van der Waals surface area (Å²) in [4.78, 5) is 17.8. The molecule has 16 heavy (non-hydrogen) atoms. The highest BCUT2D eigenvalue weighted by atomic mass is 16.1. The molecule has 2 aromatic rings. The third-order valence-corrected chi connectivity index (χ3v) is 2.65. The number of nitrogens with zero attached hydrogens (tertiary/aromatic N) is 1. The second-order valence-electron chi connectivity index (χ2n) is 3.76. The van der Waals surface area contributed by atoms with E-state index in [4.69, 9.17) is 0 Å². The number of carbonyl (C=O) groups excluding carboxylic acids is 1. The molecule has 1 heterocycles. The van der Waals surface area contributed by atoms with Crippen LogP contribution < -0.4 is 0 Å². The molecule has 0 bridgehead atoms. The number of aryl methyl sites for hydroxylation is 2. The van der Waals surface area contributed by atoms with E-state index in [0.29, 0.717) is 5.82 Å². The Hall–Kier alpha value is -1.90. The van der Waals surface area contributed by atoms with Gasteiger partial charge in [-0.05, 0) is 18.9 Å². The second kappa shape index (κ2) is 4.31. The fourth-order valence-corrected chi connectivity index (χ4v) is 1.72. The van der Waals surface area contributed by atoms with Crippen LogP contribution in [0.5, 0.6) is 0 Å². The molecule has 0 radical (unpaired) electrons. The quantitative estimate of drug-likeness (QED) is 0.798. The maximum Gasteiger partial charge on any atom is 0.185 e. The molecule has 1 aromatic carbocycles. The van der Waals surface area contributed by atoms with Gasteiger partial charge in [-0.1, -0.05) is 31.2 Å². The van der Waals surface area contributed by atoms with E-state index in [1.807, 2.05) is 19.1 Å². The molecule has 0 unspecified atom stereocenters. The van der Waals surface area contributed by atoms with Crippen molar-refractivity contribution >= 4 is 6.29 Å². The van der Waals surface area contributed by atoms with Gasteiger partial charge in [-0.3, -0.25) is 4.79 Å². The van der Waals surface area contributed by atoms with Crippen LogP contribution in [-0.2, 0) is 6.42 Å². The van der Waals surface area contributed by atoms with Gasteiger partial charge in [0.05, 0.1) is 5.69 Å². The number of hydrogen-bond acceptors (Lipinski definition) is 2. The summed E-state index contributed by atoms with van der Waals surface area (Å²) in [5, 5.41) is 0. The number of aldehydes is 1. The van der Waals surface area contributed by atoms with Gasteiger partial charge in [-0.25, -0.2) is 4.98 Å². The van der Waals surface area contributed by atoms with E-state index in [2.05, 4.69) is 29.0 Å². The fraction of sp³-hybridized carbons (Fsp3) is 0.231. The van der Waals surface area contributed by atoms with Gasteiger partial charge < -0.3 is 4.98 Å². The van der Waals surface area contributed by atoms with Crippen LogP contribution in [0, 0.1) is 6.92 Å². The molecule has 0 atom stereocenters. The summed E-state index contributed by atoms with van der Waals surface area (Å²) < 4.78 is 0. The minimum atomic E-state index is 0.382. The summed E-state index contributed by atoms with van der Waals surface area (Å²) in [5.41, 5.74) is 4.11. The van der Waals surface area contributed by atoms with Gasteiger partial charge in [0.1, 0.15) is 0 Å². The Morgan fingerprint density at radius 1 is 1.31 bits per heavy atom. The Balaban J connectivity index is 2.41. The molecule has 2 rings (SSSR count). The normalized spacial score (nSPS) is 10.4. The third-order valence-electron chi connectivity index (χ3n) is 2.65. The number of benzene rings is 1. The minimum absolute atomic E-state index is 0.382. The van der Waals surface area contributed by atoms with E-state index in [1.165, 1.54) is 5.56 Å². The second-order valence-corrected chi connectivity index (χ2v) is 3.76. The smallest absolute Gasteiger partial charge is 0.185 e. The topological polar surface area (TPSA) is 45.8 Å². The number of rotatable bonds is 3. The SMILES string of the molecule is CCc1ccc(-c2nc(C=O)[nH]c2C)cc1. The average molecular weight is 214 g/mol. The summed E-state index contributed by atoms with van der Waals surface area (Å²) in [5.74, 6) is 0.382. The lowest BCUT2D eigenvalue weighted by Crippen LogP contribution is -1.84. The minimum Gasteiger partial charge on any atom is -0.339 e. The molecule has 1 N–H and O–H groups in total. The average Bonchev–Trinajstić information content (AvgIpc) is 2.71. The first-order chi connectivity index (χ1) is 7.74. The number of aromatic amines is 1. The van der Waals surface area contributed by atoms with Gasteiger partial charge in [-0.15, -0.1) is 0 Å². The first-order valence-corrected chi connectivity index (χ1v) is 5.35. The van der Waals surface area contributed by atoms with Crippen molar-refractivity contribution in [3.05, 3.63) is 41.3 Å². The van der Waals surface area contributed by atoms with Gasteiger partial charge in [0.2, 0.25) is 0 Å². The van der Waals surface area contributed by atoms with Crippen molar-refractivity contribution in [1.29, 1.82) is 0 Å². The van der Waals surface area contributed by atoms with Crippen LogP contribution in [0.3, 0.4) is 0 Å². The monoisotopic (exact) mass is 214 g/mol. The molecule has 82 valence electrons. The first kappa shape index (κ1) is 10.6. The van der Waals surface area contributed by atoms with Crippen molar-refractivity contribution < 1.29 is 4.79 Å². The van der Waals surface area contributed by atoms with Gasteiger partial charge in [0.15, 0.2) is 12.1 Å². The molecule has 0 aliphatic heterocycles. The molecule has 0 aliphatic rings. The molecule has 3 heteroatoms. The highest BCUT2D eigenvalue weighted by molar-refractivity contribution is 5.73. The fourth-order valence-electron chi connectivity index (χ4n) is 1.72. The maximum absolute atomic E-state index is 10.6. The van der Waals surface area contributed by atoms with Crippen molar-refractivity contribution in [2.75, 3.05) is 0 Å². The molecule has 0 fully saturated rings. The van der Waals surface area contributed by atoms with Crippen molar-refractivity contribution in [1.82, 2.24) is 9.97 Å². The van der Waals surface area contributed by atoms with Crippen LogP contribution in [0.25, 0.3) is 11.3 Å². The number of nitrogens with one attached hydrogen (secondary N) is 1. The summed E-state index contributed by atoms with van der Waals surface area (Å²) in [7, 11) is 0. The molecule has 0 saturated carbocycles.